The second-order valence-electron chi connectivity index (χ2n) is 7.38. The van der Waals surface area contributed by atoms with Gasteiger partial charge in [0, 0.05) is 48.3 Å². The van der Waals surface area contributed by atoms with E-state index >= 15 is 0 Å². The van der Waals surface area contributed by atoms with Crippen molar-refractivity contribution in [2.24, 2.45) is 0 Å². The average molecular weight is 496 g/mol. The highest BCUT2D eigenvalue weighted by Crippen LogP contribution is 2.32. The van der Waals surface area contributed by atoms with Crippen LogP contribution >= 0.6 is 18.5 Å². The van der Waals surface area contributed by atoms with E-state index in [9.17, 15) is 8.78 Å². The Balaban J connectivity index is 0.00000265. The van der Waals surface area contributed by atoms with E-state index < -0.39 is 5.66 Å². The predicted molar refractivity (Wildman–Crippen MR) is 142 cm³/mol. The first-order valence-corrected chi connectivity index (χ1v) is 12.3. The van der Waals surface area contributed by atoms with Crippen molar-refractivity contribution in [3.8, 4) is 5.88 Å². The number of ether oxygens (including phenoxy) is 1. The fraction of sp³-hybridized carbons (Fsp3) is 0.440. The normalized spacial score (nSPS) is 12.2. The molecule has 0 fully saturated rings. The third kappa shape index (κ3) is 8.76. The van der Waals surface area contributed by atoms with E-state index in [0.29, 0.717) is 12.5 Å². The highest BCUT2D eigenvalue weighted by atomic mass is 31.0. The van der Waals surface area contributed by atoms with Gasteiger partial charge in [0.05, 0.1) is 0 Å². The first-order valence-electron chi connectivity index (χ1n) is 11.2. The first kappa shape index (κ1) is 29.1. The van der Waals surface area contributed by atoms with Crippen LogP contribution in [0.15, 0.2) is 42.2 Å². The number of rotatable bonds is 9. The smallest absolute Gasteiger partial charge is 0.281 e. The Labute approximate surface area is 202 Å². The van der Waals surface area contributed by atoms with E-state index in [1.807, 2.05) is 58.9 Å². The summed E-state index contributed by atoms with van der Waals surface area (Å²) in [5, 5.41) is 0.963. The molecule has 0 amide bonds. The van der Waals surface area contributed by atoms with Crippen LogP contribution in [0, 0.1) is 6.92 Å². The van der Waals surface area contributed by atoms with Crippen molar-refractivity contribution in [2.75, 3.05) is 7.05 Å². The lowest BCUT2D eigenvalue weighted by Crippen LogP contribution is -2.18. The Morgan fingerprint density at radius 2 is 1.91 bits per heavy atom. The molecule has 182 valence electrons. The van der Waals surface area contributed by atoms with Crippen LogP contribution in [-0.4, -0.2) is 27.6 Å². The van der Waals surface area contributed by atoms with Gasteiger partial charge in [0.1, 0.15) is 12.4 Å². The number of aromatic nitrogens is 2. The van der Waals surface area contributed by atoms with Crippen LogP contribution in [-0.2, 0) is 13.0 Å². The van der Waals surface area contributed by atoms with Crippen molar-refractivity contribution in [2.45, 2.75) is 66.7 Å². The number of aryl methyl sites for hydroxylation is 2. The summed E-state index contributed by atoms with van der Waals surface area (Å²) < 4.78 is 33.1. The molecule has 1 aromatic carbocycles. The van der Waals surface area contributed by atoms with Crippen molar-refractivity contribution < 1.29 is 13.5 Å². The number of alkyl halides is 2. The predicted octanol–water partition coefficient (Wildman–Crippen LogP) is 6.51. The largest absolute Gasteiger partial charge is 0.473 e. The van der Waals surface area contributed by atoms with Gasteiger partial charge in [0.25, 0.3) is 5.66 Å². The lowest BCUT2D eigenvalue weighted by molar-refractivity contribution is 0.145. The van der Waals surface area contributed by atoms with Crippen LogP contribution in [0.3, 0.4) is 0 Å². The molecule has 0 aliphatic rings. The van der Waals surface area contributed by atoms with Crippen LogP contribution in [0.4, 0.5) is 8.78 Å². The number of hydrogen-bond donors (Lipinski definition) is 0. The number of nitrogens with zero attached hydrogens (tertiary/aromatic N) is 3. The number of hydrogen-bond acceptors (Lipinski definition) is 4. The van der Waals surface area contributed by atoms with Crippen LogP contribution in [0.25, 0.3) is 5.70 Å². The summed E-state index contributed by atoms with van der Waals surface area (Å²) in [4.78, 5) is 10.5. The average Bonchev–Trinajstić information content (AvgIpc) is 2.78. The molecule has 4 nitrogen and oxygen atoms in total. The van der Waals surface area contributed by atoms with Gasteiger partial charge in [-0.3, -0.25) is 0 Å². The van der Waals surface area contributed by atoms with E-state index in [1.54, 1.807) is 27.4 Å². The summed E-state index contributed by atoms with van der Waals surface area (Å²) in [7, 11) is 6.10. The Kier molecular flexibility index (Phi) is 12.1. The molecule has 8 heteroatoms. The molecule has 0 spiro atoms. The molecule has 2 unspecified atom stereocenters. The van der Waals surface area contributed by atoms with E-state index in [2.05, 4.69) is 19.2 Å². The molecule has 0 aliphatic carbocycles. The quantitative estimate of drug-likeness (QED) is 0.372. The summed E-state index contributed by atoms with van der Waals surface area (Å²) in [6, 6.07) is 6.00. The standard InChI is InChI=1S/C23H31F2N3OP2.C2H6/c1-6-8-19(28(5)13-16(4)23(24,25)31)18-10-9-17(11-20(18)30)14-29-22-15(3)12-26-21(7-2)27-22;1-2/h8-13H,6-7,14,30-31H2,1-5H3;1-2H3/b16-13+,19-8-;. The molecular weight excluding hydrogens is 458 g/mol. The van der Waals surface area contributed by atoms with Crippen molar-refractivity contribution in [3.63, 3.8) is 0 Å². The zero-order valence-electron chi connectivity index (χ0n) is 20.7. The molecule has 33 heavy (non-hydrogen) atoms. The van der Waals surface area contributed by atoms with Crippen molar-refractivity contribution in [3.05, 3.63) is 64.8 Å². The summed E-state index contributed by atoms with van der Waals surface area (Å²) >= 11 is 0. The van der Waals surface area contributed by atoms with Crippen molar-refractivity contribution in [1.82, 2.24) is 14.9 Å². The Hall–Kier alpha value is -1.90. The zero-order chi connectivity index (χ0) is 25.2. The SMILES string of the molecule is CC.CC/C=C(/c1ccc(COc2nc(CC)ncc2C)cc1P)N(C)/C=C(\C)C(F)(F)P. The molecule has 0 N–H and O–H groups in total. The molecule has 0 saturated carbocycles. The van der Waals surface area contributed by atoms with Gasteiger partial charge in [-0.25, -0.2) is 4.98 Å². The van der Waals surface area contributed by atoms with Crippen LogP contribution in [0.2, 0.25) is 0 Å². The van der Waals surface area contributed by atoms with Gasteiger partial charge in [-0.05, 0) is 37.2 Å². The second kappa shape index (κ2) is 13.7. The monoisotopic (exact) mass is 495 g/mol. The lowest BCUT2D eigenvalue weighted by Gasteiger charge is -2.23. The molecule has 0 bridgehead atoms. The van der Waals surface area contributed by atoms with E-state index in [0.717, 1.165) is 46.4 Å². The lowest BCUT2D eigenvalue weighted by atomic mass is 10.1. The van der Waals surface area contributed by atoms with Gasteiger partial charge >= 0.3 is 0 Å². The second-order valence-corrected chi connectivity index (χ2v) is 8.73. The van der Waals surface area contributed by atoms with Gasteiger partial charge in [-0.2, -0.15) is 13.8 Å². The van der Waals surface area contributed by atoms with Gasteiger partial charge in [0.15, 0.2) is 0 Å². The molecule has 0 radical (unpaired) electrons. The van der Waals surface area contributed by atoms with Crippen LogP contribution in [0.5, 0.6) is 5.88 Å². The molecule has 2 aromatic rings. The highest BCUT2D eigenvalue weighted by Gasteiger charge is 2.24. The Morgan fingerprint density at radius 1 is 1.24 bits per heavy atom. The van der Waals surface area contributed by atoms with E-state index in [1.165, 1.54) is 13.1 Å². The Morgan fingerprint density at radius 3 is 2.45 bits per heavy atom. The maximum Gasteiger partial charge on any atom is 0.281 e. The number of allylic oxidation sites excluding steroid dienone is 2. The van der Waals surface area contributed by atoms with E-state index in [-0.39, 0.29) is 5.57 Å². The molecule has 0 aliphatic heterocycles. The molecule has 1 aromatic heterocycles. The molecule has 0 saturated heterocycles. The van der Waals surface area contributed by atoms with Crippen LogP contribution < -0.4 is 10.0 Å². The summed E-state index contributed by atoms with van der Waals surface area (Å²) in [5.74, 6) is 1.34. The topological polar surface area (TPSA) is 38.3 Å². The van der Waals surface area contributed by atoms with E-state index in [4.69, 9.17) is 4.74 Å². The van der Waals surface area contributed by atoms with Crippen molar-refractivity contribution in [1.29, 1.82) is 0 Å². The maximum absolute atomic E-state index is 13.6. The van der Waals surface area contributed by atoms with Gasteiger partial charge in [-0.15, -0.1) is 9.24 Å². The zero-order valence-corrected chi connectivity index (χ0v) is 23.1. The molecule has 2 rings (SSSR count). The fourth-order valence-corrected chi connectivity index (χ4v) is 3.48. The molecular formula is C25H37F2N3OP2. The number of benzene rings is 1. The minimum absolute atomic E-state index is 0.0241. The highest BCUT2D eigenvalue weighted by molar-refractivity contribution is 7.27. The van der Waals surface area contributed by atoms with Crippen molar-refractivity contribution >= 4 is 29.5 Å². The molecule has 1 heterocycles. The minimum atomic E-state index is -2.94. The first-order chi connectivity index (χ1) is 15.6. The third-order valence-corrected chi connectivity index (χ3v) is 5.68. The van der Waals surface area contributed by atoms with Gasteiger partial charge in [-0.1, -0.05) is 55.1 Å². The minimum Gasteiger partial charge on any atom is -0.473 e. The summed E-state index contributed by atoms with van der Waals surface area (Å²) in [6.45, 7) is 11.7. The van der Waals surface area contributed by atoms with Crippen LogP contribution in [0.1, 0.15) is 63.6 Å². The van der Waals surface area contributed by atoms with Gasteiger partial charge < -0.3 is 9.64 Å². The summed E-state index contributed by atoms with van der Waals surface area (Å²) in [6.07, 6.45) is 6.80. The Bertz CT molecular complexity index is 973. The fourth-order valence-electron chi connectivity index (χ4n) is 2.95. The van der Waals surface area contributed by atoms with Gasteiger partial charge in [0.2, 0.25) is 5.88 Å². The molecule has 2 atom stereocenters. The summed E-state index contributed by atoms with van der Waals surface area (Å²) in [5.41, 5.74) is 0.750. The third-order valence-electron chi connectivity index (χ3n) is 4.75. The maximum atomic E-state index is 13.6. The number of halogens is 2.